The molecule has 2 rings (SSSR count). The summed E-state index contributed by atoms with van der Waals surface area (Å²) < 4.78 is 24.8. The topological polar surface area (TPSA) is 57.7 Å². The predicted molar refractivity (Wildman–Crippen MR) is 87.1 cm³/mol. The van der Waals surface area contributed by atoms with Crippen molar-refractivity contribution >= 4 is 15.9 Å². The number of amides is 1. The monoisotopic (exact) mass is 324 g/mol. The average molecular weight is 324 g/mol. The van der Waals surface area contributed by atoms with Gasteiger partial charge in [0, 0.05) is 26.2 Å². The molecule has 1 aromatic carbocycles. The van der Waals surface area contributed by atoms with Crippen LogP contribution in [0.5, 0.6) is 0 Å². The lowest BCUT2D eigenvalue weighted by Gasteiger charge is -2.26. The molecule has 0 saturated carbocycles. The highest BCUT2D eigenvalue weighted by atomic mass is 32.2. The van der Waals surface area contributed by atoms with Gasteiger partial charge in [0.1, 0.15) is 0 Å². The van der Waals surface area contributed by atoms with Crippen molar-refractivity contribution in [2.24, 2.45) is 0 Å². The zero-order chi connectivity index (χ0) is 16.2. The highest BCUT2D eigenvalue weighted by Gasteiger charge is 2.28. The molecule has 1 fully saturated rings. The summed E-state index contributed by atoms with van der Waals surface area (Å²) in [6, 6.07) is 9.79. The summed E-state index contributed by atoms with van der Waals surface area (Å²) in [4.78, 5) is 14.6. The fraction of sp³-hybridized carbons (Fsp3) is 0.562. The largest absolute Gasteiger partial charge is 0.341 e. The van der Waals surface area contributed by atoms with Gasteiger partial charge in [0.2, 0.25) is 15.9 Å². The van der Waals surface area contributed by atoms with Gasteiger partial charge in [-0.1, -0.05) is 37.3 Å². The Balaban J connectivity index is 2.09. The first kappa shape index (κ1) is 17.0. The minimum absolute atomic E-state index is 0.101. The average Bonchev–Trinajstić information content (AvgIpc) is 2.74. The zero-order valence-corrected chi connectivity index (χ0v) is 14.1. The van der Waals surface area contributed by atoms with E-state index in [1.54, 1.807) is 0 Å². The number of benzene rings is 1. The summed E-state index contributed by atoms with van der Waals surface area (Å²) in [6.07, 6.45) is 2.66. The number of nitrogens with zero attached hydrogens (tertiary/aromatic N) is 2. The smallest absolute Gasteiger partial charge is 0.230 e. The minimum atomic E-state index is -3.18. The first-order valence-electron chi connectivity index (χ1n) is 7.72. The van der Waals surface area contributed by atoms with Crippen LogP contribution in [0.2, 0.25) is 0 Å². The second-order valence-electron chi connectivity index (χ2n) is 5.71. The van der Waals surface area contributed by atoms with Crippen molar-refractivity contribution in [3.8, 4) is 0 Å². The van der Waals surface area contributed by atoms with Crippen molar-refractivity contribution < 1.29 is 13.2 Å². The molecular formula is C16H24N2O3S. The molecule has 0 spiro atoms. The van der Waals surface area contributed by atoms with Crippen LogP contribution >= 0.6 is 0 Å². The van der Waals surface area contributed by atoms with Crippen LogP contribution in [0.15, 0.2) is 30.3 Å². The quantitative estimate of drug-likeness (QED) is 0.846. The Morgan fingerprint density at radius 1 is 1.14 bits per heavy atom. The molecule has 1 unspecified atom stereocenters. The number of carbonyl (C=O) groups is 1. The maximum absolute atomic E-state index is 12.8. The molecule has 0 N–H and O–H groups in total. The Labute approximate surface area is 133 Å². The van der Waals surface area contributed by atoms with Gasteiger partial charge in [0.25, 0.3) is 0 Å². The van der Waals surface area contributed by atoms with Crippen LogP contribution in [-0.4, -0.2) is 56.0 Å². The van der Waals surface area contributed by atoms with Crippen molar-refractivity contribution in [2.75, 3.05) is 32.4 Å². The SMILES string of the molecule is CCC(C(=O)N1CCCN(S(C)(=O)=O)CC1)c1ccccc1. The van der Waals surface area contributed by atoms with Crippen LogP contribution in [0.3, 0.4) is 0 Å². The van der Waals surface area contributed by atoms with E-state index in [1.807, 2.05) is 42.2 Å². The second kappa shape index (κ2) is 7.24. The molecule has 1 atom stereocenters. The lowest BCUT2D eigenvalue weighted by atomic mass is 9.95. The second-order valence-corrected chi connectivity index (χ2v) is 7.69. The van der Waals surface area contributed by atoms with Crippen molar-refractivity contribution in [3.63, 3.8) is 0 Å². The molecule has 0 radical (unpaired) electrons. The van der Waals surface area contributed by atoms with E-state index in [9.17, 15) is 13.2 Å². The summed E-state index contributed by atoms with van der Waals surface area (Å²) in [5.74, 6) is -0.0463. The Morgan fingerprint density at radius 2 is 1.82 bits per heavy atom. The molecule has 1 aliphatic rings. The molecule has 0 aliphatic carbocycles. The normalized spacial score (nSPS) is 18.7. The van der Waals surface area contributed by atoms with E-state index in [1.165, 1.54) is 10.6 Å². The van der Waals surface area contributed by atoms with E-state index in [0.717, 1.165) is 12.0 Å². The maximum Gasteiger partial charge on any atom is 0.230 e. The third-order valence-corrected chi connectivity index (χ3v) is 5.45. The summed E-state index contributed by atoms with van der Waals surface area (Å²) in [5, 5.41) is 0. The van der Waals surface area contributed by atoms with Gasteiger partial charge in [-0.2, -0.15) is 0 Å². The lowest BCUT2D eigenvalue weighted by molar-refractivity contribution is -0.132. The van der Waals surface area contributed by atoms with Gasteiger partial charge < -0.3 is 4.90 Å². The number of hydrogen-bond donors (Lipinski definition) is 0. The van der Waals surface area contributed by atoms with Crippen molar-refractivity contribution in [1.82, 2.24) is 9.21 Å². The van der Waals surface area contributed by atoms with Crippen LogP contribution in [0.25, 0.3) is 0 Å². The number of hydrogen-bond acceptors (Lipinski definition) is 3. The number of rotatable bonds is 4. The Hall–Kier alpha value is -1.40. The molecule has 6 heteroatoms. The van der Waals surface area contributed by atoms with E-state index in [2.05, 4.69) is 0 Å². The molecule has 22 heavy (non-hydrogen) atoms. The van der Waals surface area contributed by atoms with E-state index in [-0.39, 0.29) is 11.8 Å². The third kappa shape index (κ3) is 4.08. The number of sulfonamides is 1. The van der Waals surface area contributed by atoms with Crippen LogP contribution in [0.1, 0.15) is 31.2 Å². The highest BCUT2D eigenvalue weighted by molar-refractivity contribution is 7.88. The Kier molecular flexibility index (Phi) is 5.58. The summed E-state index contributed by atoms with van der Waals surface area (Å²) >= 11 is 0. The first-order valence-corrected chi connectivity index (χ1v) is 9.57. The highest BCUT2D eigenvalue weighted by Crippen LogP contribution is 2.23. The van der Waals surface area contributed by atoms with Gasteiger partial charge >= 0.3 is 0 Å². The molecular weight excluding hydrogens is 300 g/mol. The van der Waals surface area contributed by atoms with Gasteiger partial charge in [0.15, 0.2) is 0 Å². The van der Waals surface area contributed by atoms with E-state index < -0.39 is 10.0 Å². The Bertz CT molecular complexity index is 601. The third-order valence-electron chi connectivity index (χ3n) is 4.14. The first-order chi connectivity index (χ1) is 10.4. The van der Waals surface area contributed by atoms with Crippen LogP contribution < -0.4 is 0 Å². The predicted octanol–water partition coefficient (Wildman–Crippen LogP) is 1.67. The fourth-order valence-electron chi connectivity index (χ4n) is 2.90. The molecule has 0 aromatic heterocycles. The summed E-state index contributed by atoms with van der Waals surface area (Å²) in [6.45, 7) is 3.97. The van der Waals surface area contributed by atoms with E-state index >= 15 is 0 Å². The summed E-state index contributed by atoms with van der Waals surface area (Å²) in [7, 11) is -3.18. The molecule has 1 amide bonds. The van der Waals surface area contributed by atoms with Crippen molar-refractivity contribution in [3.05, 3.63) is 35.9 Å². The molecule has 1 heterocycles. The van der Waals surface area contributed by atoms with Crippen LogP contribution in [0, 0.1) is 0 Å². The van der Waals surface area contributed by atoms with E-state index in [0.29, 0.717) is 32.6 Å². The summed E-state index contributed by atoms with van der Waals surface area (Å²) in [5.41, 5.74) is 1.03. The van der Waals surface area contributed by atoms with Gasteiger partial charge in [0.05, 0.1) is 12.2 Å². The van der Waals surface area contributed by atoms with Gasteiger partial charge in [-0.15, -0.1) is 0 Å². The van der Waals surface area contributed by atoms with Gasteiger partial charge in [-0.05, 0) is 18.4 Å². The molecule has 1 aliphatic heterocycles. The Morgan fingerprint density at radius 3 is 2.41 bits per heavy atom. The van der Waals surface area contributed by atoms with Crippen molar-refractivity contribution in [1.29, 1.82) is 0 Å². The van der Waals surface area contributed by atoms with Crippen LogP contribution in [-0.2, 0) is 14.8 Å². The zero-order valence-electron chi connectivity index (χ0n) is 13.2. The molecule has 0 bridgehead atoms. The molecule has 1 saturated heterocycles. The lowest BCUT2D eigenvalue weighted by Crippen LogP contribution is -2.39. The van der Waals surface area contributed by atoms with Crippen molar-refractivity contribution in [2.45, 2.75) is 25.7 Å². The minimum Gasteiger partial charge on any atom is -0.341 e. The molecule has 5 nitrogen and oxygen atoms in total. The van der Waals surface area contributed by atoms with E-state index in [4.69, 9.17) is 0 Å². The molecule has 122 valence electrons. The molecule has 1 aromatic rings. The van der Waals surface area contributed by atoms with Crippen LogP contribution in [0.4, 0.5) is 0 Å². The van der Waals surface area contributed by atoms with Gasteiger partial charge in [-0.3, -0.25) is 4.79 Å². The fourth-order valence-corrected chi connectivity index (χ4v) is 3.78. The number of carbonyl (C=O) groups excluding carboxylic acids is 1. The van der Waals surface area contributed by atoms with Gasteiger partial charge in [-0.25, -0.2) is 12.7 Å². The standard InChI is InChI=1S/C16H24N2O3S/c1-3-15(14-8-5-4-6-9-14)16(19)17-10-7-11-18(13-12-17)22(2,20)21/h4-6,8-9,15H,3,7,10-13H2,1-2H3. The maximum atomic E-state index is 12.8.